The molecule has 1 aromatic carbocycles. The second kappa shape index (κ2) is 5.66. The highest BCUT2D eigenvalue weighted by molar-refractivity contribution is 7.89. The Morgan fingerprint density at radius 3 is 2.53 bits per heavy atom. The van der Waals surface area contributed by atoms with Crippen LogP contribution in [0.2, 0.25) is 5.02 Å². The largest absolute Gasteiger partial charge is 0.397 e. The summed E-state index contributed by atoms with van der Waals surface area (Å²) in [4.78, 5) is 0.126. The van der Waals surface area contributed by atoms with Crippen molar-refractivity contribution in [1.29, 1.82) is 0 Å². The maximum Gasteiger partial charge on any atom is 0.241 e. The molecule has 0 amide bonds. The maximum absolute atomic E-state index is 12.2. The Hall–Kier alpha value is -0.820. The van der Waals surface area contributed by atoms with Crippen molar-refractivity contribution in [2.75, 3.05) is 19.4 Å². The number of halogens is 1. The molecule has 0 heterocycles. The molecule has 108 valence electrons. The molecule has 1 aromatic rings. The Morgan fingerprint density at radius 1 is 1.42 bits per heavy atom. The van der Waals surface area contributed by atoms with E-state index in [2.05, 4.69) is 4.72 Å². The average Bonchev–Trinajstić information content (AvgIpc) is 2.31. The van der Waals surface area contributed by atoms with Crippen molar-refractivity contribution in [2.45, 2.75) is 31.3 Å². The van der Waals surface area contributed by atoms with Gasteiger partial charge in [-0.25, -0.2) is 13.1 Å². The van der Waals surface area contributed by atoms with Crippen LogP contribution in [0.4, 0.5) is 5.69 Å². The molecule has 3 N–H and O–H groups in total. The lowest BCUT2D eigenvalue weighted by molar-refractivity contribution is 0.0276. The number of benzene rings is 1. The molecular weight excluding hydrogens is 288 g/mol. The van der Waals surface area contributed by atoms with Crippen LogP contribution in [0.1, 0.15) is 19.4 Å². The van der Waals surface area contributed by atoms with E-state index in [4.69, 9.17) is 22.1 Å². The summed E-state index contributed by atoms with van der Waals surface area (Å²) in [6.45, 7) is 5.41. The maximum atomic E-state index is 12.2. The molecule has 19 heavy (non-hydrogen) atoms. The van der Waals surface area contributed by atoms with Crippen LogP contribution in [0.3, 0.4) is 0 Å². The van der Waals surface area contributed by atoms with Gasteiger partial charge in [-0.2, -0.15) is 0 Å². The summed E-state index contributed by atoms with van der Waals surface area (Å²) in [5.74, 6) is 0. The molecule has 0 spiro atoms. The number of nitrogen functional groups attached to an aromatic ring is 1. The summed E-state index contributed by atoms with van der Waals surface area (Å²) in [5.41, 5.74) is 5.84. The fraction of sp³-hybridized carbons (Fsp3) is 0.500. The molecule has 0 aliphatic carbocycles. The summed E-state index contributed by atoms with van der Waals surface area (Å²) < 4.78 is 32.1. The third-order valence-corrected chi connectivity index (χ3v) is 4.69. The zero-order valence-electron chi connectivity index (χ0n) is 11.5. The molecule has 1 rings (SSSR count). The van der Waals surface area contributed by atoms with Gasteiger partial charge in [0, 0.05) is 13.7 Å². The number of anilines is 1. The SMILES string of the molecule is COC(C)(C)CNS(=O)(=O)c1cc(N)c(Cl)cc1C. The van der Waals surface area contributed by atoms with E-state index in [-0.39, 0.29) is 17.1 Å². The van der Waals surface area contributed by atoms with Gasteiger partial charge < -0.3 is 10.5 Å². The Morgan fingerprint density at radius 2 is 2.00 bits per heavy atom. The normalized spacial score (nSPS) is 12.7. The molecule has 0 saturated carbocycles. The van der Waals surface area contributed by atoms with Crippen molar-refractivity contribution in [3.63, 3.8) is 0 Å². The lowest BCUT2D eigenvalue weighted by Crippen LogP contribution is -2.39. The molecule has 0 aromatic heterocycles. The van der Waals surface area contributed by atoms with Crippen molar-refractivity contribution in [2.24, 2.45) is 0 Å². The first-order valence-electron chi connectivity index (χ1n) is 5.69. The third kappa shape index (κ3) is 4.07. The monoisotopic (exact) mass is 306 g/mol. The van der Waals surface area contributed by atoms with Crippen molar-refractivity contribution in [1.82, 2.24) is 4.72 Å². The zero-order valence-corrected chi connectivity index (χ0v) is 13.0. The number of sulfonamides is 1. The summed E-state index contributed by atoms with van der Waals surface area (Å²) >= 11 is 5.85. The van der Waals surface area contributed by atoms with Crippen LogP contribution < -0.4 is 10.5 Å². The quantitative estimate of drug-likeness (QED) is 0.815. The molecular formula is C12H19ClN2O3S. The van der Waals surface area contributed by atoms with Crippen LogP contribution in [0.5, 0.6) is 0 Å². The first-order valence-corrected chi connectivity index (χ1v) is 7.55. The Labute approximate surface area is 119 Å². The van der Waals surface area contributed by atoms with E-state index < -0.39 is 15.6 Å². The van der Waals surface area contributed by atoms with E-state index >= 15 is 0 Å². The van der Waals surface area contributed by atoms with E-state index in [1.807, 2.05) is 0 Å². The molecule has 0 bridgehead atoms. The van der Waals surface area contributed by atoms with Gasteiger partial charge >= 0.3 is 0 Å². The smallest absolute Gasteiger partial charge is 0.241 e. The van der Waals surface area contributed by atoms with E-state index in [0.717, 1.165) is 0 Å². The lowest BCUT2D eigenvalue weighted by Gasteiger charge is -2.23. The van der Waals surface area contributed by atoms with Crippen molar-refractivity contribution < 1.29 is 13.2 Å². The van der Waals surface area contributed by atoms with E-state index in [1.165, 1.54) is 19.2 Å². The van der Waals surface area contributed by atoms with Gasteiger partial charge in [-0.1, -0.05) is 11.6 Å². The fourth-order valence-corrected chi connectivity index (χ4v) is 3.05. The molecule has 0 unspecified atom stereocenters. The predicted octanol–water partition coefficient (Wildman–Crippen LogP) is 1.93. The first kappa shape index (κ1) is 16.2. The van der Waals surface area contributed by atoms with Crippen LogP contribution in [0.15, 0.2) is 17.0 Å². The van der Waals surface area contributed by atoms with Gasteiger partial charge in [0.2, 0.25) is 10.0 Å². The van der Waals surface area contributed by atoms with E-state index in [0.29, 0.717) is 10.6 Å². The average molecular weight is 307 g/mol. The molecule has 5 nitrogen and oxygen atoms in total. The van der Waals surface area contributed by atoms with Gasteiger partial charge in [-0.05, 0) is 38.5 Å². The second-order valence-electron chi connectivity index (χ2n) is 4.93. The number of aryl methyl sites for hydroxylation is 1. The summed E-state index contributed by atoms with van der Waals surface area (Å²) in [6, 6.07) is 2.90. The minimum Gasteiger partial charge on any atom is -0.397 e. The summed E-state index contributed by atoms with van der Waals surface area (Å²) in [5, 5.41) is 0.341. The molecule has 0 atom stereocenters. The highest BCUT2D eigenvalue weighted by Crippen LogP contribution is 2.26. The molecule has 7 heteroatoms. The number of hydrogen-bond donors (Lipinski definition) is 2. The van der Waals surface area contributed by atoms with Gasteiger partial charge in [0.25, 0.3) is 0 Å². The number of ether oxygens (including phenoxy) is 1. The first-order chi connectivity index (χ1) is 8.59. The van der Waals surface area contributed by atoms with E-state index in [9.17, 15) is 8.42 Å². The topological polar surface area (TPSA) is 81.4 Å². The van der Waals surface area contributed by atoms with Gasteiger partial charge in [0.05, 0.1) is 21.2 Å². The fourth-order valence-electron chi connectivity index (χ4n) is 1.38. The standard InChI is InChI=1S/C12H19ClN2O3S/c1-8-5-9(13)10(14)6-11(8)19(16,17)15-7-12(2,3)18-4/h5-6,15H,7,14H2,1-4H3. The van der Waals surface area contributed by atoms with Gasteiger partial charge in [-0.3, -0.25) is 0 Å². The predicted molar refractivity (Wildman–Crippen MR) is 76.9 cm³/mol. The molecule has 0 radical (unpaired) electrons. The van der Waals surface area contributed by atoms with Gasteiger partial charge in [0.1, 0.15) is 0 Å². The highest BCUT2D eigenvalue weighted by atomic mass is 35.5. The third-order valence-electron chi connectivity index (χ3n) is 2.82. The van der Waals surface area contributed by atoms with Crippen LogP contribution in [0, 0.1) is 6.92 Å². The van der Waals surface area contributed by atoms with Crippen molar-refractivity contribution >= 4 is 27.3 Å². The van der Waals surface area contributed by atoms with E-state index in [1.54, 1.807) is 20.8 Å². The summed E-state index contributed by atoms with van der Waals surface area (Å²) in [6.07, 6.45) is 0. The Kier molecular flexibility index (Phi) is 4.84. The minimum absolute atomic E-state index is 0.126. The van der Waals surface area contributed by atoms with Crippen molar-refractivity contribution in [3.8, 4) is 0 Å². The van der Waals surface area contributed by atoms with Crippen LogP contribution >= 0.6 is 11.6 Å². The summed E-state index contributed by atoms with van der Waals surface area (Å²) in [7, 11) is -2.11. The highest BCUT2D eigenvalue weighted by Gasteiger charge is 2.23. The van der Waals surface area contributed by atoms with Crippen LogP contribution in [0.25, 0.3) is 0 Å². The number of rotatable bonds is 5. The zero-order chi connectivity index (χ0) is 14.8. The van der Waals surface area contributed by atoms with Gasteiger partial charge in [0.15, 0.2) is 0 Å². The number of nitrogens with two attached hydrogens (primary N) is 1. The number of methoxy groups -OCH3 is 1. The van der Waals surface area contributed by atoms with Crippen LogP contribution in [-0.4, -0.2) is 27.7 Å². The van der Waals surface area contributed by atoms with Crippen LogP contribution in [-0.2, 0) is 14.8 Å². The Bertz CT molecular complexity index is 571. The lowest BCUT2D eigenvalue weighted by atomic mass is 10.1. The van der Waals surface area contributed by atoms with Gasteiger partial charge in [-0.15, -0.1) is 0 Å². The minimum atomic E-state index is -3.64. The van der Waals surface area contributed by atoms with Crippen molar-refractivity contribution in [3.05, 3.63) is 22.7 Å². The number of nitrogens with one attached hydrogen (secondary N) is 1. The Balaban J connectivity index is 3.05. The number of hydrogen-bond acceptors (Lipinski definition) is 4. The molecule has 0 aliphatic heterocycles. The molecule has 0 fully saturated rings. The molecule has 0 aliphatic rings. The second-order valence-corrected chi connectivity index (χ2v) is 7.07. The molecule has 0 saturated heterocycles.